The fourth-order valence-electron chi connectivity index (χ4n) is 2.18. The molecule has 2 rings (SSSR count). The number of morpholine rings is 1. The average Bonchev–Trinajstić information content (AvgIpc) is 2.52. The fourth-order valence-corrected chi connectivity index (χ4v) is 2.56. The van der Waals surface area contributed by atoms with Gasteiger partial charge >= 0.3 is 0 Å². The minimum absolute atomic E-state index is 0.256. The number of nitrogens with zero attached hydrogens (tertiary/aromatic N) is 1. The third-order valence-corrected chi connectivity index (χ3v) is 3.84. The topological polar surface area (TPSA) is 53.6 Å². The third-order valence-electron chi connectivity index (χ3n) is 3.35. The number of ether oxygens (including phenoxy) is 1. The van der Waals surface area contributed by atoms with E-state index in [0.29, 0.717) is 15.7 Å². The number of amides is 1. The molecule has 1 heterocycles. The zero-order chi connectivity index (χ0) is 15.8. The monoisotopic (exact) mass is 341 g/mol. The van der Waals surface area contributed by atoms with Crippen LogP contribution in [0.1, 0.15) is 16.8 Å². The number of thiocarbonyl (C=S) groups is 1. The molecule has 7 heteroatoms. The van der Waals surface area contributed by atoms with Gasteiger partial charge in [0.1, 0.15) is 0 Å². The molecule has 2 N–H and O–H groups in total. The van der Waals surface area contributed by atoms with E-state index >= 15 is 0 Å². The number of nitrogens with one attached hydrogen (secondary N) is 2. The Hall–Kier alpha value is -1.21. The lowest BCUT2D eigenvalue weighted by Crippen LogP contribution is -2.41. The van der Waals surface area contributed by atoms with E-state index in [0.717, 1.165) is 45.8 Å². The van der Waals surface area contributed by atoms with E-state index in [-0.39, 0.29) is 5.91 Å². The SMILES string of the molecule is O=C(NC(=S)NCCCN1CCOCC1)c1cccc(Cl)c1. The second kappa shape index (κ2) is 9.05. The van der Waals surface area contributed by atoms with Gasteiger partial charge in [0.25, 0.3) is 5.91 Å². The van der Waals surface area contributed by atoms with E-state index in [1.807, 2.05) is 0 Å². The fraction of sp³-hybridized carbons (Fsp3) is 0.467. The van der Waals surface area contributed by atoms with Crippen LogP contribution in [-0.2, 0) is 4.74 Å². The molecule has 0 radical (unpaired) electrons. The molecule has 5 nitrogen and oxygen atoms in total. The summed E-state index contributed by atoms with van der Waals surface area (Å²) in [4.78, 5) is 14.3. The van der Waals surface area contributed by atoms with Gasteiger partial charge in [0, 0.05) is 30.2 Å². The molecule has 0 spiro atoms. The molecular weight excluding hydrogens is 322 g/mol. The van der Waals surface area contributed by atoms with Crippen molar-refractivity contribution in [3.63, 3.8) is 0 Å². The van der Waals surface area contributed by atoms with E-state index in [1.165, 1.54) is 0 Å². The highest BCUT2D eigenvalue weighted by Gasteiger charge is 2.10. The zero-order valence-corrected chi connectivity index (χ0v) is 13.9. The van der Waals surface area contributed by atoms with Crippen molar-refractivity contribution in [2.24, 2.45) is 0 Å². The molecule has 0 atom stereocenters. The predicted molar refractivity (Wildman–Crippen MR) is 91.4 cm³/mol. The molecule has 1 aliphatic rings. The number of carbonyl (C=O) groups is 1. The van der Waals surface area contributed by atoms with Crippen molar-refractivity contribution in [3.05, 3.63) is 34.9 Å². The summed E-state index contributed by atoms with van der Waals surface area (Å²) in [6.07, 6.45) is 0.965. The Kier molecular flexibility index (Phi) is 7.05. The molecule has 1 saturated heterocycles. The van der Waals surface area contributed by atoms with Crippen LogP contribution in [0, 0.1) is 0 Å². The van der Waals surface area contributed by atoms with Crippen LogP contribution in [0.2, 0.25) is 5.02 Å². The Bertz CT molecular complexity index is 521. The maximum atomic E-state index is 12.0. The lowest BCUT2D eigenvalue weighted by atomic mass is 10.2. The molecule has 1 fully saturated rings. The van der Waals surface area contributed by atoms with Crippen molar-refractivity contribution >= 4 is 34.8 Å². The van der Waals surface area contributed by atoms with Gasteiger partial charge in [-0.25, -0.2) is 0 Å². The van der Waals surface area contributed by atoms with Gasteiger partial charge in [0.15, 0.2) is 5.11 Å². The van der Waals surface area contributed by atoms with Crippen molar-refractivity contribution < 1.29 is 9.53 Å². The minimum atomic E-state index is -0.256. The molecular formula is C15H20ClN3O2S. The first kappa shape index (κ1) is 17.1. The number of halogens is 1. The standard InChI is InChI=1S/C15H20ClN3O2S/c16-13-4-1-3-12(11-13)14(20)18-15(22)17-5-2-6-19-7-9-21-10-8-19/h1,3-4,11H,2,5-10H2,(H2,17,18,20,22). The van der Waals surface area contributed by atoms with Crippen LogP contribution in [0.5, 0.6) is 0 Å². The predicted octanol–water partition coefficient (Wildman–Crippen LogP) is 1.67. The van der Waals surface area contributed by atoms with Crippen LogP contribution < -0.4 is 10.6 Å². The van der Waals surface area contributed by atoms with Crippen molar-refractivity contribution in [1.29, 1.82) is 0 Å². The van der Waals surface area contributed by atoms with Gasteiger partial charge in [0.2, 0.25) is 0 Å². The third kappa shape index (κ3) is 5.88. The summed E-state index contributed by atoms with van der Waals surface area (Å²) in [6.45, 7) is 5.31. The van der Waals surface area contributed by atoms with Gasteiger partial charge in [-0.2, -0.15) is 0 Å². The zero-order valence-electron chi connectivity index (χ0n) is 12.3. The average molecular weight is 342 g/mol. The van der Waals surface area contributed by atoms with Crippen molar-refractivity contribution in [2.75, 3.05) is 39.4 Å². The molecule has 0 aliphatic carbocycles. The summed E-state index contributed by atoms with van der Waals surface area (Å²) in [5, 5.41) is 6.56. The van der Waals surface area contributed by atoms with Crippen molar-refractivity contribution in [2.45, 2.75) is 6.42 Å². The maximum absolute atomic E-state index is 12.0. The Morgan fingerprint density at radius 2 is 2.14 bits per heavy atom. The van der Waals surface area contributed by atoms with Crippen LogP contribution in [0.4, 0.5) is 0 Å². The van der Waals surface area contributed by atoms with Crippen LogP contribution in [0.15, 0.2) is 24.3 Å². The second-order valence-electron chi connectivity index (χ2n) is 5.03. The van der Waals surface area contributed by atoms with Crippen molar-refractivity contribution in [1.82, 2.24) is 15.5 Å². The Morgan fingerprint density at radius 3 is 2.86 bits per heavy atom. The van der Waals surface area contributed by atoms with E-state index in [2.05, 4.69) is 15.5 Å². The van der Waals surface area contributed by atoms with E-state index in [4.69, 9.17) is 28.6 Å². The van der Waals surface area contributed by atoms with E-state index in [1.54, 1.807) is 24.3 Å². The smallest absolute Gasteiger partial charge is 0.257 e. The number of carbonyl (C=O) groups excluding carboxylic acids is 1. The normalized spacial score (nSPS) is 15.3. The molecule has 0 bridgehead atoms. The van der Waals surface area contributed by atoms with Crippen LogP contribution in [0.25, 0.3) is 0 Å². The molecule has 1 aromatic carbocycles. The number of benzene rings is 1. The summed E-state index contributed by atoms with van der Waals surface area (Å²) in [7, 11) is 0. The quantitative estimate of drug-likeness (QED) is 0.630. The number of hydrogen-bond acceptors (Lipinski definition) is 4. The highest BCUT2D eigenvalue weighted by atomic mass is 35.5. The summed E-state index contributed by atoms with van der Waals surface area (Å²) < 4.78 is 5.30. The lowest BCUT2D eigenvalue weighted by Gasteiger charge is -2.26. The van der Waals surface area contributed by atoms with Crippen LogP contribution >= 0.6 is 23.8 Å². The summed E-state index contributed by atoms with van der Waals surface area (Å²) >= 11 is 11.0. The van der Waals surface area contributed by atoms with Gasteiger partial charge in [0.05, 0.1) is 13.2 Å². The highest BCUT2D eigenvalue weighted by molar-refractivity contribution is 7.80. The summed E-state index contributed by atoms with van der Waals surface area (Å²) in [5.41, 5.74) is 0.491. The molecule has 0 aromatic heterocycles. The lowest BCUT2D eigenvalue weighted by molar-refractivity contribution is 0.0376. The first-order valence-electron chi connectivity index (χ1n) is 7.30. The van der Waals surface area contributed by atoms with Gasteiger partial charge in [-0.3, -0.25) is 15.0 Å². The van der Waals surface area contributed by atoms with Crippen LogP contribution in [-0.4, -0.2) is 55.3 Å². The summed E-state index contributed by atoms with van der Waals surface area (Å²) in [5.74, 6) is -0.256. The molecule has 0 saturated carbocycles. The van der Waals surface area contributed by atoms with Gasteiger partial charge in [-0.05, 0) is 43.4 Å². The maximum Gasteiger partial charge on any atom is 0.257 e. The minimum Gasteiger partial charge on any atom is -0.379 e. The molecule has 1 aromatic rings. The number of hydrogen-bond donors (Lipinski definition) is 2. The number of rotatable bonds is 5. The first-order chi connectivity index (χ1) is 10.6. The van der Waals surface area contributed by atoms with Gasteiger partial charge in [-0.15, -0.1) is 0 Å². The van der Waals surface area contributed by atoms with Crippen LogP contribution in [0.3, 0.4) is 0 Å². The van der Waals surface area contributed by atoms with E-state index < -0.39 is 0 Å². The molecule has 120 valence electrons. The Morgan fingerprint density at radius 1 is 1.36 bits per heavy atom. The van der Waals surface area contributed by atoms with Crippen molar-refractivity contribution in [3.8, 4) is 0 Å². The van der Waals surface area contributed by atoms with E-state index in [9.17, 15) is 4.79 Å². The molecule has 1 aliphatic heterocycles. The van der Waals surface area contributed by atoms with Gasteiger partial charge in [-0.1, -0.05) is 17.7 Å². The Balaban J connectivity index is 1.64. The Labute approximate surface area is 141 Å². The molecule has 0 unspecified atom stereocenters. The largest absolute Gasteiger partial charge is 0.379 e. The highest BCUT2D eigenvalue weighted by Crippen LogP contribution is 2.10. The summed E-state index contributed by atoms with van der Waals surface area (Å²) in [6, 6.07) is 6.76. The molecule has 1 amide bonds. The van der Waals surface area contributed by atoms with Gasteiger partial charge < -0.3 is 10.1 Å². The molecule has 22 heavy (non-hydrogen) atoms. The second-order valence-corrected chi connectivity index (χ2v) is 5.87. The first-order valence-corrected chi connectivity index (χ1v) is 8.08.